The highest BCUT2D eigenvalue weighted by Crippen LogP contribution is 2.33. The molecule has 0 radical (unpaired) electrons. The second-order valence-corrected chi connectivity index (χ2v) is 5.46. The van der Waals surface area contributed by atoms with Crippen LogP contribution in [0.25, 0.3) is 0 Å². The molecule has 2 rings (SSSR count). The van der Waals surface area contributed by atoms with Crippen LogP contribution in [-0.4, -0.2) is 23.5 Å². The summed E-state index contributed by atoms with van der Waals surface area (Å²) < 4.78 is 27.2. The highest BCUT2D eigenvalue weighted by molar-refractivity contribution is 5.22. The molecule has 19 heavy (non-hydrogen) atoms. The molecule has 1 aliphatic heterocycles. The number of hydrogen-bond acceptors (Lipinski definition) is 2. The molecule has 2 N–H and O–H groups in total. The number of nitrogens with two attached hydrogens (primary N) is 1. The van der Waals surface area contributed by atoms with Crippen molar-refractivity contribution in [2.75, 3.05) is 6.54 Å². The third-order valence-corrected chi connectivity index (χ3v) is 4.22. The van der Waals surface area contributed by atoms with E-state index in [1.807, 2.05) is 6.92 Å². The molecule has 1 aromatic carbocycles. The second kappa shape index (κ2) is 5.97. The standard InChI is InChI=1S/C15H22F2N2/c1-10-4-3-5-13(9-18)19(10)11(2)14-8-12(16)6-7-15(14)17/h6-8,10-11,13H,3-5,9,18H2,1-2H3. The van der Waals surface area contributed by atoms with Crippen LogP contribution in [0.1, 0.15) is 44.7 Å². The number of nitrogens with zero attached hydrogens (tertiary/aromatic N) is 1. The van der Waals surface area contributed by atoms with Crippen LogP contribution in [-0.2, 0) is 0 Å². The number of benzene rings is 1. The van der Waals surface area contributed by atoms with E-state index in [1.54, 1.807) is 0 Å². The number of halogens is 2. The number of likely N-dealkylation sites (tertiary alicyclic amines) is 1. The van der Waals surface area contributed by atoms with E-state index in [2.05, 4.69) is 11.8 Å². The molecule has 0 amide bonds. The van der Waals surface area contributed by atoms with Gasteiger partial charge in [-0.15, -0.1) is 0 Å². The van der Waals surface area contributed by atoms with Crippen molar-refractivity contribution >= 4 is 0 Å². The molecule has 4 heteroatoms. The largest absolute Gasteiger partial charge is 0.329 e. The number of hydrogen-bond donors (Lipinski definition) is 1. The highest BCUT2D eigenvalue weighted by atomic mass is 19.1. The van der Waals surface area contributed by atoms with Crippen molar-refractivity contribution in [1.82, 2.24) is 4.90 Å². The van der Waals surface area contributed by atoms with Gasteiger partial charge in [0.25, 0.3) is 0 Å². The molecule has 106 valence electrons. The average molecular weight is 268 g/mol. The van der Waals surface area contributed by atoms with Crippen molar-refractivity contribution in [3.8, 4) is 0 Å². The molecule has 0 bridgehead atoms. The Morgan fingerprint density at radius 2 is 2.11 bits per heavy atom. The number of piperidine rings is 1. The molecule has 1 fully saturated rings. The zero-order chi connectivity index (χ0) is 14.0. The van der Waals surface area contributed by atoms with Crippen LogP contribution in [0.5, 0.6) is 0 Å². The van der Waals surface area contributed by atoms with Gasteiger partial charge in [-0.2, -0.15) is 0 Å². The first-order chi connectivity index (χ1) is 9.04. The molecule has 0 spiro atoms. The topological polar surface area (TPSA) is 29.3 Å². The highest BCUT2D eigenvalue weighted by Gasteiger charge is 2.32. The van der Waals surface area contributed by atoms with Gasteiger partial charge in [0.2, 0.25) is 0 Å². The van der Waals surface area contributed by atoms with Gasteiger partial charge in [0.1, 0.15) is 11.6 Å². The lowest BCUT2D eigenvalue weighted by atomic mass is 9.92. The summed E-state index contributed by atoms with van der Waals surface area (Å²) in [5, 5.41) is 0. The summed E-state index contributed by atoms with van der Waals surface area (Å²) in [7, 11) is 0. The van der Waals surface area contributed by atoms with Crippen LogP contribution in [0, 0.1) is 11.6 Å². The Bertz CT molecular complexity index is 436. The third kappa shape index (κ3) is 2.95. The van der Waals surface area contributed by atoms with Gasteiger partial charge in [0.15, 0.2) is 0 Å². The van der Waals surface area contributed by atoms with E-state index in [4.69, 9.17) is 5.73 Å². The fraction of sp³-hybridized carbons (Fsp3) is 0.600. The lowest BCUT2D eigenvalue weighted by Gasteiger charge is -2.44. The summed E-state index contributed by atoms with van der Waals surface area (Å²) in [4.78, 5) is 2.24. The predicted octanol–water partition coefficient (Wildman–Crippen LogP) is 3.23. The van der Waals surface area contributed by atoms with E-state index in [0.717, 1.165) is 25.3 Å². The Morgan fingerprint density at radius 3 is 2.79 bits per heavy atom. The van der Waals surface area contributed by atoms with E-state index in [-0.39, 0.29) is 17.9 Å². The van der Waals surface area contributed by atoms with Crippen molar-refractivity contribution in [3.63, 3.8) is 0 Å². The quantitative estimate of drug-likeness (QED) is 0.912. The van der Waals surface area contributed by atoms with E-state index < -0.39 is 5.82 Å². The maximum Gasteiger partial charge on any atom is 0.128 e. The fourth-order valence-electron chi connectivity index (χ4n) is 3.24. The van der Waals surface area contributed by atoms with Crippen LogP contribution in [0.15, 0.2) is 18.2 Å². The van der Waals surface area contributed by atoms with Gasteiger partial charge in [0, 0.05) is 30.2 Å². The summed E-state index contributed by atoms with van der Waals surface area (Å²) in [6, 6.07) is 4.11. The summed E-state index contributed by atoms with van der Waals surface area (Å²) >= 11 is 0. The number of rotatable bonds is 3. The van der Waals surface area contributed by atoms with Gasteiger partial charge >= 0.3 is 0 Å². The maximum atomic E-state index is 13.9. The monoisotopic (exact) mass is 268 g/mol. The second-order valence-electron chi connectivity index (χ2n) is 5.46. The van der Waals surface area contributed by atoms with Crippen LogP contribution in [0.4, 0.5) is 8.78 Å². The minimum absolute atomic E-state index is 0.153. The van der Waals surface area contributed by atoms with Gasteiger partial charge < -0.3 is 5.73 Å². The van der Waals surface area contributed by atoms with Gasteiger partial charge in [-0.25, -0.2) is 8.78 Å². The maximum absolute atomic E-state index is 13.9. The smallest absolute Gasteiger partial charge is 0.128 e. The predicted molar refractivity (Wildman–Crippen MR) is 72.8 cm³/mol. The van der Waals surface area contributed by atoms with Crippen molar-refractivity contribution in [2.45, 2.75) is 51.2 Å². The van der Waals surface area contributed by atoms with Gasteiger partial charge in [-0.1, -0.05) is 6.42 Å². The van der Waals surface area contributed by atoms with Crippen molar-refractivity contribution in [2.24, 2.45) is 5.73 Å². The molecule has 1 saturated heterocycles. The zero-order valence-electron chi connectivity index (χ0n) is 11.6. The van der Waals surface area contributed by atoms with Crippen molar-refractivity contribution < 1.29 is 8.78 Å². The average Bonchev–Trinajstić information content (AvgIpc) is 2.40. The molecular weight excluding hydrogens is 246 g/mol. The first kappa shape index (κ1) is 14.4. The van der Waals surface area contributed by atoms with E-state index >= 15 is 0 Å². The minimum Gasteiger partial charge on any atom is -0.329 e. The van der Waals surface area contributed by atoms with Gasteiger partial charge in [-0.05, 0) is 44.9 Å². The molecule has 2 nitrogen and oxygen atoms in total. The van der Waals surface area contributed by atoms with Crippen LogP contribution in [0.3, 0.4) is 0 Å². The molecule has 1 aliphatic rings. The summed E-state index contributed by atoms with van der Waals surface area (Å²) in [5.74, 6) is -0.736. The first-order valence-corrected chi connectivity index (χ1v) is 6.97. The Balaban J connectivity index is 2.30. The lowest BCUT2D eigenvalue weighted by Crippen LogP contribution is -2.49. The molecule has 1 heterocycles. The summed E-state index contributed by atoms with van der Waals surface area (Å²) in [6.45, 7) is 4.63. The van der Waals surface area contributed by atoms with Crippen molar-refractivity contribution in [1.29, 1.82) is 0 Å². The zero-order valence-corrected chi connectivity index (χ0v) is 11.6. The Kier molecular flexibility index (Phi) is 4.53. The Labute approximate surface area is 113 Å². The Morgan fingerprint density at radius 1 is 1.37 bits per heavy atom. The van der Waals surface area contributed by atoms with Crippen LogP contribution < -0.4 is 5.73 Å². The fourth-order valence-corrected chi connectivity index (χ4v) is 3.24. The molecule has 3 unspecified atom stereocenters. The first-order valence-electron chi connectivity index (χ1n) is 6.97. The molecule has 0 aromatic heterocycles. The van der Waals surface area contributed by atoms with Gasteiger partial charge in [0.05, 0.1) is 0 Å². The van der Waals surface area contributed by atoms with Crippen LogP contribution in [0.2, 0.25) is 0 Å². The molecule has 0 aliphatic carbocycles. The van der Waals surface area contributed by atoms with Crippen LogP contribution >= 0.6 is 0 Å². The normalized spacial score (nSPS) is 26.4. The summed E-state index contributed by atoms with van der Waals surface area (Å²) in [5.41, 5.74) is 6.25. The molecule has 3 atom stereocenters. The Hall–Kier alpha value is -1.00. The lowest BCUT2D eigenvalue weighted by molar-refractivity contribution is 0.0554. The SMILES string of the molecule is CC1CCCC(CN)N1C(C)c1cc(F)ccc1F. The molecule has 1 aromatic rings. The molecule has 0 saturated carbocycles. The van der Waals surface area contributed by atoms with E-state index in [1.165, 1.54) is 12.1 Å². The van der Waals surface area contributed by atoms with E-state index in [0.29, 0.717) is 18.2 Å². The van der Waals surface area contributed by atoms with E-state index in [9.17, 15) is 8.78 Å². The van der Waals surface area contributed by atoms with Crippen molar-refractivity contribution in [3.05, 3.63) is 35.4 Å². The molecular formula is C15H22F2N2. The summed E-state index contributed by atoms with van der Waals surface area (Å²) in [6.07, 6.45) is 3.26. The van der Waals surface area contributed by atoms with Gasteiger partial charge in [-0.3, -0.25) is 4.90 Å². The third-order valence-electron chi connectivity index (χ3n) is 4.22. The minimum atomic E-state index is -0.391.